The molecule has 3 amide bonds. The Morgan fingerprint density at radius 1 is 1.00 bits per heavy atom. The second kappa shape index (κ2) is 8.79. The van der Waals surface area contributed by atoms with Crippen LogP contribution < -0.4 is 10.6 Å². The number of carbonyl (C=O) groups is 4. The lowest BCUT2D eigenvalue weighted by Gasteiger charge is -2.56. The summed E-state index contributed by atoms with van der Waals surface area (Å²) in [5.74, 6) is 0.805. The van der Waals surface area contributed by atoms with Crippen LogP contribution in [0, 0.1) is 23.2 Å². The quantitative estimate of drug-likeness (QED) is 0.590. The van der Waals surface area contributed by atoms with Gasteiger partial charge in [0, 0.05) is 12.6 Å². The third kappa shape index (κ3) is 4.72. The first-order valence-corrected chi connectivity index (χ1v) is 11.8. The SMILES string of the molecule is CC(C)NC(=O)CNC(=O)COC(=O)[C@H]1CCCN1C(=O)C12CC3CC(CC(C3)C1)C2. The highest BCUT2D eigenvalue weighted by Gasteiger charge is 2.57. The van der Waals surface area contributed by atoms with Crippen molar-refractivity contribution in [2.75, 3.05) is 19.7 Å². The molecular formula is C23H35N3O5. The highest BCUT2D eigenvalue weighted by Crippen LogP contribution is 2.60. The van der Waals surface area contributed by atoms with Gasteiger partial charge in [0.1, 0.15) is 6.04 Å². The van der Waals surface area contributed by atoms with E-state index in [-0.39, 0.29) is 29.8 Å². The van der Waals surface area contributed by atoms with E-state index in [1.807, 2.05) is 13.8 Å². The zero-order valence-electron chi connectivity index (χ0n) is 18.7. The molecule has 4 aliphatic carbocycles. The molecule has 4 saturated carbocycles. The number of nitrogens with one attached hydrogen (secondary N) is 2. The standard InChI is InChI=1S/C23H35N3O5/c1-14(2)25-19(27)12-24-20(28)13-31-21(29)18-4-3-5-26(18)22(30)23-9-15-6-16(10-23)8-17(7-15)11-23/h14-18H,3-13H2,1-2H3,(H,24,28)(H,25,27)/t15?,16?,17?,18-,23?/m1/s1. The van der Waals surface area contributed by atoms with E-state index < -0.39 is 24.5 Å². The van der Waals surface area contributed by atoms with Crippen LogP contribution in [0.4, 0.5) is 0 Å². The Kier molecular flexibility index (Phi) is 6.26. The third-order valence-corrected chi connectivity index (χ3v) is 7.52. The summed E-state index contributed by atoms with van der Waals surface area (Å²) < 4.78 is 5.22. The van der Waals surface area contributed by atoms with E-state index in [0.717, 1.165) is 25.7 Å². The fourth-order valence-corrected chi connectivity index (χ4v) is 6.77. The van der Waals surface area contributed by atoms with Crippen molar-refractivity contribution in [3.05, 3.63) is 0 Å². The maximum atomic E-state index is 13.6. The molecule has 1 atom stereocenters. The Balaban J connectivity index is 1.29. The first-order valence-electron chi connectivity index (χ1n) is 11.8. The normalized spacial score (nSPS) is 33.5. The largest absolute Gasteiger partial charge is 0.454 e. The molecule has 0 spiro atoms. The average Bonchev–Trinajstić information content (AvgIpc) is 3.18. The van der Waals surface area contributed by atoms with Crippen molar-refractivity contribution in [1.29, 1.82) is 0 Å². The van der Waals surface area contributed by atoms with Gasteiger partial charge in [-0.25, -0.2) is 4.79 Å². The average molecular weight is 434 g/mol. The highest BCUT2D eigenvalue weighted by atomic mass is 16.5. The van der Waals surface area contributed by atoms with Crippen molar-refractivity contribution in [1.82, 2.24) is 15.5 Å². The van der Waals surface area contributed by atoms with Crippen molar-refractivity contribution in [2.45, 2.75) is 77.3 Å². The van der Waals surface area contributed by atoms with Gasteiger partial charge >= 0.3 is 5.97 Å². The zero-order chi connectivity index (χ0) is 22.2. The van der Waals surface area contributed by atoms with Gasteiger partial charge in [0.2, 0.25) is 11.8 Å². The van der Waals surface area contributed by atoms with Crippen molar-refractivity contribution in [3.8, 4) is 0 Å². The Morgan fingerprint density at radius 3 is 2.19 bits per heavy atom. The third-order valence-electron chi connectivity index (χ3n) is 7.52. The lowest BCUT2D eigenvalue weighted by Crippen LogP contribution is -2.56. The fourth-order valence-electron chi connectivity index (χ4n) is 6.77. The fraction of sp³-hybridized carbons (Fsp3) is 0.826. The summed E-state index contributed by atoms with van der Waals surface area (Å²) >= 11 is 0. The second-order valence-electron chi connectivity index (χ2n) is 10.5. The molecule has 1 heterocycles. The molecule has 0 aromatic heterocycles. The van der Waals surface area contributed by atoms with Crippen LogP contribution in [0.2, 0.25) is 0 Å². The number of ether oxygens (including phenoxy) is 1. The molecule has 0 aromatic carbocycles. The van der Waals surface area contributed by atoms with E-state index in [1.54, 1.807) is 4.90 Å². The number of hydrogen-bond donors (Lipinski definition) is 2. The smallest absolute Gasteiger partial charge is 0.329 e. The first-order chi connectivity index (χ1) is 14.8. The molecule has 1 saturated heterocycles. The summed E-state index contributed by atoms with van der Waals surface area (Å²) in [6, 6.07) is -0.611. The summed E-state index contributed by atoms with van der Waals surface area (Å²) in [4.78, 5) is 51.6. The first kappa shape index (κ1) is 22.1. The number of amides is 3. The van der Waals surface area contributed by atoms with E-state index in [0.29, 0.717) is 30.7 Å². The molecule has 31 heavy (non-hydrogen) atoms. The molecule has 8 nitrogen and oxygen atoms in total. The minimum Gasteiger partial charge on any atom is -0.454 e. The lowest BCUT2D eigenvalue weighted by molar-refractivity contribution is -0.166. The van der Waals surface area contributed by atoms with E-state index in [9.17, 15) is 19.2 Å². The van der Waals surface area contributed by atoms with Crippen LogP contribution >= 0.6 is 0 Å². The van der Waals surface area contributed by atoms with E-state index in [4.69, 9.17) is 4.74 Å². The van der Waals surface area contributed by atoms with E-state index in [2.05, 4.69) is 10.6 Å². The zero-order valence-corrected chi connectivity index (χ0v) is 18.7. The van der Waals surface area contributed by atoms with Crippen LogP contribution in [0.15, 0.2) is 0 Å². The highest BCUT2D eigenvalue weighted by molar-refractivity contribution is 5.90. The van der Waals surface area contributed by atoms with Crippen LogP contribution in [-0.2, 0) is 23.9 Å². The molecule has 0 aromatic rings. The van der Waals surface area contributed by atoms with Gasteiger partial charge in [0.05, 0.1) is 12.0 Å². The monoisotopic (exact) mass is 433 g/mol. The molecule has 4 bridgehead atoms. The van der Waals surface area contributed by atoms with Gasteiger partial charge in [-0.2, -0.15) is 0 Å². The summed E-state index contributed by atoms with van der Waals surface area (Å²) in [7, 11) is 0. The summed E-state index contributed by atoms with van der Waals surface area (Å²) in [6.07, 6.45) is 8.06. The number of hydrogen-bond acceptors (Lipinski definition) is 5. The number of esters is 1. The lowest BCUT2D eigenvalue weighted by atomic mass is 9.49. The topological polar surface area (TPSA) is 105 Å². The summed E-state index contributed by atoms with van der Waals surface area (Å²) in [6.45, 7) is 3.65. The van der Waals surface area contributed by atoms with Gasteiger partial charge in [-0.3, -0.25) is 14.4 Å². The van der Waals surface area contributed by atoms with Gasteiger partial charge in [-0.05, 0) is 83.0 Å². The number of likely N-dealkylation sites (tertiary alicyclic amines) is 1. The van der Waals surface area contributed by atoms with Gasteiger partial charge in [0.15, 0.2) is 6.61 Å². The van der Waals surface area contributed by atoms with Crippen molar-refractivity contribution >= 4 is 23.7 Å². The van der Waals surface area contributed by atoms with Crippen LogP contribution in [-0.4, -0.2) is 60.4 Å². The summed E-state index contributed by atoms with van der Waals surface area (Å²) in [5.41, 5.74) is -0.279. The summed E-state index contributed by atoms with van der Waals surface area (Å²) in [5, 5.41) is 5.12. The number of carbonyl (C=O) groups excluding carboxylic acids is 4. The predicted molar refractivity (Wildman–Crippen MR) is 113 cm³/mol. The molecule has 5 aliphatic rings. The van der Waals surface area contributed by atoms with Gasteiger partial charge in [-0.1, -0.05) is 0 Å². The molecule has 5 rings (SSSR count). The molecule has 1 aliphatic heterocycles. The molecule has 2 N–H and O–H groups in total. The predicted octanol–water partition coefficient (Wildman–Crippen LogP) is 1.38. The number of nitrogens with zero attached hydrogens (tertiary/aromatic N) is 1. The molecule has 0 unspecified atom stereocenters. The van der Waals surface area contributed by atoms with Crippen LogP contribution in [0.1, 0.15) is 65.2 Å². The van der Waals surface area contributed by atoms with Gasteiger partial charge in [-0.15, -0.1) is 0 Å². The van der Waals surface area contributed by atoms with Gasteiger partial charge < -0.3 is 20.3 Å². The Bertz CT molecular complexity index is 714. The van der Waals surface area contributed by atoms with Crippen molar-refractivity contribution < 1.29 is 23.9 Å². The minimum atomic E-state index is -0.599. The molecular weight excluding hydrogens is 398 g/mol. The molecule has 5 fully saturated rings. The Labute approximate surface area is 183 Å². The van der Waals surface area contributed by atoms with Gasteiger partial charge in [0.25, 0.3) is 5.91 Å². The maximum Gasteiger partial charge on any atom is 0.329 e. The molecule has 172 valence electrons. The second-order valence-corrected chi connectivity index (χ2v) is 10.5. The Morgan fingerprint density at radius 2 is 1.61 bits per heavy atom. The van der Waals surface area contributed by atoms with E-state index >= 15 is 0 Å². The van der Waals surface area contributed by atoms with Crippen LogP contribution in [0.25, 0.3) is 0 Å². The van der Waals surface area contributed by atoms with Crippen molar-refractivity contribution in [2.24, 2.45) is 23.2 Å². The van der Waals surface area contributed by atoms with E-state index in [1.165, 1.54) is 19.3 Å². The Hall–Kier alpha value is -2.12. The molecule has 0 radical (unpaired) electrons. The van der Waals surface area contributed by atoms with Crippen LogP contribution in [0.3, 0.4) is 0 Å². The van der Waals surface area contributed by atoms with Crippen molar-refractivity contribution in [3.63, 3.8) is 0 Å². The molecule has 8 heteroatoms. The maximum absolute atomic E-state index is 13.6. The minimum absolute atomic E-state index is 0.0120. The van der Waals surface area contributed by atoms with Crippen LogP contribution in [0.5, 0.6) is 0 Å². The number of rotatable bonds is 7.